The molecule has 1 aromatic carbocycles. The molecule has 1 aromatic heterocycles. The molecule has 0 radical (unpaired) electrons. The minimum atomic E-state index is -0.168. The van der Waals surface area contributed by atoms with Crippen LogP contribution in [0.25, 0.3) is 0 Å². The van der Waals surface area contributed by atoms with Gasteiger partial charge in [-0.1, -0.05) is 38.1 Å². The Morgan fingerprint density at radius 1 is 1.21 bits per heavy atom. The van der Waals surface area contributed by atoms with Crippen LogP contribution in [-0.4, -0.2) is 58.8 Å². The third-order valence-corrected chi connectivity index (χ3v) is 4.62. The third-order valence-electron chi connectivity index (χ3n) is 4.62. The van der Waals surface area contributed by atoms with E-state index in [-0.39, 0.29) is 29.4 Å². The van der Waals surface area contributed by atoms with Gasteiger partial charge in [-0.05, 0) is 19.1 Å². The van der Waals surface area contributed by atoms with Crippen molar-refractivity contribution in [3.05, 3.63) is 36.0 Å². The highest BCUT2D eigenvalue weighted by Crippen LogP contribution is 2.27. The van der Waals surface area contributed by atoms with Gasteiger partial charge >= 0.3 is 0 Å². The fourth-order valence-corrected chi connectivity index (χ4v) is 3.08. The summed E-state index contributed by atoms with van der Waals surface area (Å²) in [6, 6.07) is 7.47. The van der Waals surface area contributed by atoms with E-state index in [2.05, 4.69) is 32.2 Å². The molecule has 1 saturated heterocycles. The Kier molecular flexibility index (Phi) is 8.12. The number of phenolic OH excluding ortho intramolecular Hbond substituents is 1. The smallest absolute Gasteiger partial charge is 0.232 e. The van der Waals surface area contributed by atoms with Gasteiger partial charge in [0.05, 0.1) is 5.69 Å². The van der Waals surface area contributed by atoms with Crippen LogP contribution in [-0.2, 0) is 12.0 Å². The maximum absolute atomic E-state index is 10.1. The van der Waals surface area contributed by atoms with Gasteiger partial charge in [-0.15, -0.1) is 24.0 Å². The molecule has 160 valence electrons. The number of rotatable bonds is 4. The number of hydrogen-bond donors (Lipinski definition) is 2. The Morgan fingerprint density at radius 2 is 1.90 bits per heavy atom. The van der Waals surface area contributed by atoms with Crippen molar-refractivity contribution in [2.24, 2.45) is 4.99 Å². The summed E-state index contributed by atoms with van der Waals surface area (Å²) in [5.74, 6) is 2.39. The van der Waals surface area contributed by atoms with Crippen LogP contribution in [0, 0.1) is 0 Å². The number of aliphatic imine (C=N–C) groups is 1. The molecule has 9 heteroatoms. The molecule has 0 unspecified atom stereocenters. The van der Waals surface area contributed by atoms with Crippen LogP contribution in [0.1, 0.15) is 39.4 Å². The monoisotopic (exact) mass is 514 g/mol. The molecule has 29 heavy (non-hydrogen) atoms. The fraction of sp³-hybridized carbons (Fsp3) is 0.550. The first-order valence-corrected chi connectivity index (χ1v) is 9.77. The van der Waals surface area contributed by atoms with Gasteiger partial charge in [0.15, 0.2) is 11.8 Å². The molecule has 0 amide bonds. The van der Waals surface area contributed by atoms with E-state index in [0.717, 1.165) is 44.4 Å². The van der Waals surface area contributed by atoms with Gasteiger partial charge < -0.3 is 24.7 Å². The Morgan fingerprint density at radius 3 is 2.48 bits per heavy atom. The van der Waals surface area contributed by atoms with E-state index in [1.807, 2.05) is 39.0 Å². The molecule has 0 atom stereocenters. The van der Waals surface area contributed by atoms with Crippen LogP contribution in [0.5, 0.6) is 5.75 Å². The van der Waals surface area contributed by atoms with Crippen molar-refractivity contribution in [2.75, 3.05) is 37.6 Å². The number of nitrogens with zero attached hydrogens (tertiary/aromatic N) is 5. The van der Waals surface area contributed by atoms with Crippen LogP contribution in [0.4, 0.5) is 5.69 Å². The van der Waals surface area contributed by atoms with Gasteiger partial charge in [0, 0.05) is 38.1 Å². The number of hydrogen-bond acceptors (Lipinski definition) is 6. The van der Waals surface area contributed by atoms with Crippen LogP contribution < -0.4 is 10.2 Å². The molecule has 2 heterocycles. The van der Waals surface area contributed by atoms with Crippen LogP contribution >= 0.6 is 24.0 Å². The normalized spacial score (nSPS) is 15.2. The van der Waals surface area contributed by atoms with Crippen LogP contribution in [0.3, 0.4) is 0 Å². The zero-order valence-electron chi connectivity index (χ0n) is 17.6. The number of halogens is 1. The van der Waals surface area contributed by atoms with E-state index in [9.17, 15) is 5.11 Å². The van der Waals surface area contributed by atoms with Crippen molar-refractivity contribution < 1.29 is 9.63 Å². The number of benzene rings is 1. The lowest BCUT2D eigenvalue weighted by atomic mass is 9.97. The highest BCUT2D eigenvalue weighted by Gasteiger charge is 2.23. The summed E-state index contributed by atoms with van der Waals surface area (Å²) in [4.78, 5) is 13.6. The number of aromatic nitrogens is 2. The molecule has 8 nitrogen and oxygen atoms in total. The summed E-state index contributed by atoms with van der Waals surface area (Å²) >= 11 is 0. The molecule has 1 aliphatic heterocycles. The van der Waals surface area contributed by atoms with E-state index in [1.54, 1.807) is 6.07 Å². The maximum Gasteiger partial charge on any atom is 0.232 e. The zero-order chi connectivity index (χ0) is 20.1. The number of piperazine rings is 1. The highest BCUT2D eigenvalue weighted by molar-refractivity contribution is 14.0. The molecule has 1 aliphatic rings. The summed E-state index contributed by atoms with van der Waals surface area (Å²) in [6.45, 7) is 12.6. The van der Waals surface area contributed by atoms with E-state index < -0.39 is 0 Å². The van der Waals surface area contributed by atoms with Crippen LogP contribution in [0.2, 0.25) is 0 Å². The quantitative estimate of drug-likeness (QED) is 0.369. The van der Waals surface area contributed by atoms with Crippen molar-refractivity contribution in [3.63, 3.8) is 0 Å². The number of aromatic hydroxyl groups is 1. The van der Waals surface area contributed by atoms with E-state index >= 15 is 0 Å². The minimum Gasteiger partial charge on any atom is -0.506 e. The second-order valence-corrected chi connectivity index (χ2v) is 7.90. The number of phenols is 1. The van der Waals surface area contributed by atoms with Gasteiger partial charge in [0.1, 0.15) is 12.3 Å². The summed E-state index contributed by atoms with van der Waals surface area (Å²) in [6.07, 6.45) is 0. The Balaban J connectivity index is 0.00000300. The van der Waals surface area contributed by atoms with Crippen molar-refractivity contribution in [1.29, 1.82) is 0 Å². The summed E-state index contributed by atoms with van der Waals surface area (Å²) < 4.78 is 5.35. The van der Waals surface area contributed by atoms with Gasteiger partial charge in [0.2, 0.25) is 5.89 Å². The first-order chi connectivity index (χ1) is 13.4. The molecule has 1 fully saturated rings. The Hall–Kier alpha value is -2.04. The van der Waals surface area contributed by atoms with Crippen LogP contribution in [0.15, 0.2) is 33.8 Å². The average Bonchev–Trinajstić information content (AvgIpc) is 3.15. The fourth-order valence-electron chi connectivity index (χ4n) is 3.08. The molecule has 0 aliphatic carbocycles. The second kappa shape index (κ2) is 10.1. The highest BCUT2D eigenvalue weighted by atomic mass is 127. The first kappa shape index (κ1) is 23.2. The molecular weight excluding hydrogens is 483 g/mol. The molecule has 3 rings (SSSR count). The lowest BCUT2D eigenvalue weighted by molar-refractivity contribution is 0.318. The van der Waals surface area contributed by atoms with E-state index in [0.29, 0.717) is 24.0 Å². The SMILES string of the molecule is CCNC(=NCc1noc(C(C)(C)C)n1)N1CCN(c2ccccc2O)CC1.I. The standard InChI is InChI=1S/C20H30N6O2.HI/c1-5-21-19(22-14-17-23-18(28-24-17)20(2,3)4)26-12-10-25(11-13-26)15-8-6-7-9-16(15)27;/h6-9,27H,5,10-14H2,1-4H3,(H,21,22);1H. The van der Waals surface area contributed by atoms with Gasteiger partial charge in [-0.25, -0.2) is 4.99 Å². The number of anilines is 1. The molecule has 0 spiro atoms. The predicted octanol–water partition coefficient (Wildman–Crippen LogP) is 2.98. The van der Waals surface area contributed by atoms with E-state index in [4.69, 9.17) is 9.52 Å². The summed E-state index contributed by atoms with van der Waals surface area (Å²) in [5.41, 5.74) is 0.712. The second-order valence-electron chi connectivity index (χ2n) is 7.90. The first-order valence-electron chi connectivity index (χ1n) is 9.77. The zero-order valence-corrected chi connectivity index (χ0v) is 19.9. The maximum atomic E-state index is 10.1. The largest absolute Gasteiger partial charge is 0.506 e. The van der Waals surface area contributed by atoms with Gasteiger partial charge in [-0.3, -0.25) is 0 Å². The van der Waals surface area contributed by atoms with Gasteiger partial charge in [-0.2, -0.15) is 4.98 Å². The lowest BCUT2D eigenvalue weighted by Gasteiger charge is -2.37. The Bertz CT molecular complexity index is 809. The molecular formula is C20H31IN6O2. The molecule has 2 N–H and O–H groups in total. The predicted molar refractivity (Wildman–Crippen MR) is 125 cm³/mol. The molecule has 0 bridgehead atoms. The van der Waals surface area contributed by atoms with E-state index in [1.165, 1.54) is 0 Å². The summed E-state index contributed by atoms with van der Waals surface area (Å²) in [5, 5.41) is 17.5. The molecule has 2 aromatic rings. The van der Waals surface area contributed by atoms with Crippen molar-refractivity contribution >= 4 is 35.6 Å². The number of para-hydroxylation sites is 2. The summed E-state index contributed by atoms with van der Waals surface area (Å²) in [7, 11) is 0. The number of guanidine groups is 1. The van der Waals surface area contributed by atoms with Crippen molar-refractivity contribution in [2.45, 2.75) is 39.7 Å². The van der Waals surface area contributed by atoms with Crippen molar-refractivity contribution in [1.82, 2.24) is 20.4 Å². The minimum absolute atomic E-state index is 0. The topological polar surface area (TPSA) is 90.0 Å². The average molecular weight is 514 g/mol. The Labute approximate surface area is 189 Å². The molecule has 0 saturated carbocycles. The van der Waals surface area contributed by atoms with Crippen molar-refractivity contribution in [3.8, 4) is 5.75 Å². The number of nitrogens with one attached hydrogen (secondary N) is 1. The third kappa shape index (κ3) is 5.97. The van der Waals surface area contributed by atoms with Gasteiger partial charge in [0.25, 0.3) is 0 Å². The lowest BCUT2D eigenvalue weighted by Crippen LogP contribution is -2.52.